The minimum absolute atomic E-state index is 0.0640. The second-order valence-corrected chi connectivity index (χ2v) is 6.85. The molecule has 0 amide bonds. The molecule has 1 aromatic rings. The molecule has 1 saturated carbocycles. The third-order valence-corrected chi connectivity index (χ3v) is 4.22. The van der Waals surface area contributed by atoms with Crippen molar-refractivity contribution in [2.75, 3.05) is 11.9 Å². The van der Waals surface area contributed by atoms with Crippen LogP contribution in [0, 0.1) is 0 Å². The Labute approximate surface area is 117 Å². The Kier molecular flexibility index (Phi) is 4.14. The summed E-state index contributed by atoms with van der Waals surface area (Å²) in [7, 11) is 0. The molecule has 1 aromatic heterocycles. The SMILES string of the molecule is CC(C)(C)c1ccc(NC2(CN)CCCCC2)nc1. The molecule has 19 heavy (non-hydrogen) atoms. The van der Waals surface area contributed by atoms with Gasteiger partial charge in [0.05, 0.1) is 5.54 Å². The molecule has 1 fully saturated rings. The van der Waals surface area contributed by atoms with Crippen molar-refractivity contribution in [3.8, 4) is 0 Å². The smallest absolute Gasteiger partial charge is 0.126 e. The quantitative estimate of drug-likeness (QED) is 0.876. The summed E-state index contributed by atoms with van der Waals surface area (Å²) in [6.07, 6.45) is 8.17. The van der Waals surface area contributed by atoms with Gasteiger partial charge in [0.1, 0.15) is 5.82 Å². The van der Waals surface area contributed by atoms with Gasteiger partial charge in [-0.2, -0.15) is 0 Å². The van der Waals surface area contributed by atoms with E-state index in [1.54, 1.807) is 0 Å². The highest BCUT2D eigenvalue weighted by Gasteiger charge is 2.30. The van der Waals surface area contributed by atoms with Gasteiger partial charge >= 0.3 is 0 Å². The molecule has 1 heterocycles. The highest BCUT2D eigenvalue weighted by atomic mass is 15.1. The molecule has 0 atom stereocenters. The summed E-state index contributed by atoms with van der Waals surface area (Å²) in [5.74, 6) is 0.959. The first-order chi connectivity index (χ1) is 8.95. The van der Waals surface area contributed by atoms with E-state index in [0.29, 0.717) is 6.54 Å². The third kappa shape index (κ3) is 3.47. The molecule has 0 saturated heterocycles. The zero-order chi connectivity index (χ0) is 13.9. The van der Waals surface area contributed by atoms with Crippen molar-refractivity contribution >= 4 is 5.82 Å². The van der Waals surface area contributed by atoms with Gasteiger partial charge < -0.3 is 11.1 Å². The second kappa shape index (κ2) is 5.49. The Morgan fingerprint density at radius 3 is 2.37 bits per heavy atom. The van der Waals surface area contributed by atoms with E-state index in [4.69, 9.17) is 5.73 Å². The monoisotopic (exact) mass is 261 g/mol. The van der Waals surface area contributed by atoms with Crippen LogP contribution in [-0.2, 0) is 5.41 Å². The van der Waals surface area contributed by atoms with E-state index in [1.807, 2.05) is 6.20 Å². The summed E-state index contributed by atoms with van der Waals surface area (Å²) in [4.78, 5) is 4.57. The molecule has 1 aliphatic carbocycles. The first-order valence-corrected chi connectivity index (χ1v) is 7.40. The summed E-state index contributed by atoms with van der Waals surface area (Å²) in [6.45, 7) is 7.31. The minimum atomic E-state index is 0.0640. The van der Waals surface area contributed by atoms with Crippen LogP contribution in [0.5, 0.6) is 0 Å². The normalized spacial score (nSPS) is 19.2. The van der Waals surface area contributed by atoms with Crippen LogP contribution in [0.2, 0.25) is 0 Å². The van der Waals surface area contributed by atoms with Crippen LogP contribution in [-0.4, -0.2) is 17.1 Å². The van der Waals surface area contributed by atoms with E-state index in [1.165, 1.54) is 24.8 Å². The maximum atomic E-state index is 5.99. The van der Waals surface area contributed by atoms with Crippen molar-refractivity contribution in [2.45, 2.75) is 63.8 Å². The fourth-order valence-corrected chi connectivity index (χ4v) is 2.79. The summed E-state index contributed by atoms with van der Waals surface area (Å²) < 4.78 is 0. The molecule has 0 spiro atoms. The lowest BCUT2D eigenvalue weighted by molar-refractivity contribution is 0.330. The Morgan fingerprint density at radius 2 is 1.89 bits per heavy atom. The lowest BCUT2D eigenvalue weighted by Gasteiger charge is -2.37. The first-order valence-electron chi connectivity index (χ1n) is 7.40. The van der Waals surface area contributed by atoms with Crippen LogP contribution in [0.15, 0.2) is 18.3 Å². The lowest BCUT2D eigenvalue weighted by Crippen LogP contribution is -2.47. The minimum Gasteiger partial charge on any atom is -0.363 e. The van der Waals surface area contributed by atoms with Gasteiger partial charge in [0, 0.05) is 12.7 Å². The molecular formula is C16H27N3. The van der Waals surface area contributed by atoms with Gasteiger partial charge in [0.15, 0.2) is 0 Å². The van der Waals surface area contributed by atoms with E-state index >= 15 is 0 Å². The number of anilines is 1. The zero-order valence-electron chi connectivity index (χ0n) is 12.5. The number of pyridine rings is 1. The highest BCUT2D eigenvalue weighted by molar-refractivity contribution is 5.40. The molecule has 0 bridgehead atoms. The average molecular weight is 261 g/mol. The number of nitrogens with one attached hydrogen (secondary N) is 1. The predicted octanol–water partition coefficient (Wildman–Crippen LogP) is 3.45. The fourth-order valence-electron chi connectivity index (χ4n) is 2.79. The highest BCUT2D eigenvalue weighted by Crippen LogP contribution is 2.31. The van der Waals surface area contributed by atoms with Crippen LogP contribution in [0.1, 0.15) is 58.4 Å². The van der Waals surface area contributed by atoms with Crippen LogP contribution in [0.25, 0.3) is 0 Å². The first kappa shape index (κ1) is 14.3. The van der Waals surface area contributed by atoms with Crippen LogP contribution < -0.4 is 11.1 Å². The molecule has 0 aromatic carbocycles. The summed E-state index contributed by atoms with van der Waals surface area (Å²) in [6, 6.07) is 4.26. The van der Waals surface area contributed by atoms with Crippen molar-refractivity contribution in [3.63, 3.8) is 0 Å². The number of aromatic nitrogens is 1. The molecule has 0 radical (unpaired) electrons. The molecule has 0 aliphatic heterocycles. The summed E-state index contributed by atoms with van der Waals surface area (Å²) in [5.41, 5.74) is 7.48. The largest absolute Gasteiger partial charge is 0.363 e. The molecule has 1 aliphatic rings. The molecule has 0 unspecified atom stereocenters. The van der Waals surface area contributed by atoms with Crippen molar-refractivity contribution in [2.24, 2.45) is 5.73 Å². The maximum absolute atomic E-state index is 5.99. The van der Waals surface area contributed by atoms with E-state index < -0.39 is 0 Å². The van der Waals surface area contributed by atoms with Gasteiger partial charge in [0.25, 0.3) is 0 Å². The number of nitrogens with two attached hydrogens (primary N) is 1. The van der Waals surface area contributed by atoms with Gasteiger partial charge in [-0.05, 0) is 29.9 Å². The Hall–Kier alpha value is -1.09. The fraction of sp³-hybridized carbons (Fsp3) is 0.688. The second-order valence-electron chi connectivity index (χ2n) is 6.85. The predicted molar refractivity (Wildman–Crippen MR) is 81.4 cm³/mol. The standard InChI is InChI=1S/C16H27N3/c1-15(2,3)13-7-8-14(18-11-13)19-16(12-17)9-5-4-6-10-16/h7-8,11H,4-6,9-10,12,17H2,1-3H3,(H,18,19). The Morgan fingerprint density at radius 1 is 1.21 bits per heavy atom. The van der Waals surface area contributed by atoms with Crippen LogP contribution in [0.4, 0.5) is 5.82 Å². The van der Waals surface area contributed by atoms with Gasteiger partial charge in [-0.3, -0.25) is 0 Å². The molecular weight excluding hydrogens is 234 g/mol. The van der Waals surface area contributed by atoms with E-state index in [0.717, 1.165) is 18.7 Å². The van der Waals surface area contributed by atoms with E-state index in [2.05, 4.69) is 43.2 Å². The van der Waals surface area contributed by atoms with Crippen molar-refractivity contribution in [3.05, 3.63) is 23.9 Å². The summed E-state index contributed by atoms with van der Waals surface area (Å²) >= 11 is 0. The maximum Gasteiger partial charge on any atom is 0.126 e. The number of hydrogen-bond donors (Lipinski definition) is 2. The summed E-state index contributed by atoms with van der Waals surface area (Å²) in [5, 5.41) is 3.59. The number of rotatable bonds is 3. The molecule has 2 rings (SSSR count). The average Bonchev–Trinajstić information content (AvgIpc) is 2.39. The molecule has 3 nitrogen and oxygen atoms in total. The van der Waals surface area contributed by atoms with Gasteiger partial charge in [-0.1, -0.05) is 46.1 Å². The van der Waals surface area contributed by atoms with Crippen LogP contribution in [0.3, 0.4) is 0 Å². The van der Waals surface area contributed by atoms with Gasteiger partial charge in [-0.15, -0.1) is 0 Å². The van der Waals surface area contributed by atoms with Crippen molar-refractivity contribution < 1.29 is 0 Å². The lowest BCUT2D eigenvalue weighted by atomic mass is 9.81. The van der Waals surface area contributed by atoms with Gasteiger partial charge in [-0.25, -0.2) is 4.98 Å². The number of hydrogen-bond acceptors (Lipinski definition) is 3. The zero-order valence-corrected chi connectivity index (χ0v) is 12.5. The van der Waals surface area contributed by atoms with Crippen molar-refractivity contribution in [1.29, 1.82) is 0 Å². The van der Waals surface area contributed by atoms with E-state index in [-0.39, 0.29) is 11.0 Å². The molecule has 106 valence electrons. The van der Waals surface area contributed by atoms with Crippen LogP contribution >= 0.6 is 0 Å². The third-order valence-electron chi connectivity index (χ3n) is 4.22. The molecule has 3 N–H and O–H groups in total. The molecule has 3 heteroatoms. The Balaban J connectivity index is 2.10. The Bertz CT molecular complexity index is 397. The number of nitrogens with zero attached hydrogens (tertiary/aromatic N) is 1. The topological polar surface area (TPSA) is 50.9 Å². The van der Waals surface area contributed by atoms with Crippen molar-refractivity contribution in [1.82, 2.24) is 4.98 Å². The van der Waals surface area contributed by atoms with Gasteiger partial charge in [0.2, 0.25) is 0 Å². The van der Waals surface area contributed by atoms with E-state index in [9.17, 15) is 0 Å².